The minimum Gasteiger partial charge on any atom is -0.544 e. The molecule has 2 heterocycles. The van der Waals surface area contributed by atoms with Gasteiger partial charge in [-0.3, -0.25) is 0 Å². The van der Waals surface area contributed by atoms with Crippen LogP contribution in [0.1, 0.15) is 96.9 Å². The van der Waals surface area contributed by atoms with Crippen LogP contribution in [-0.4, -0.2) is 59.0 Å². The molecule has 2 aliphatic rings. The van der Waals surface area contributed by atoms with Gasteiger partial charge >= 0.3 is 0 Å². The van der Waals surface area contributed by atoms with Gasteiger partial charge in [-0.25, -0.2) is 0 Å². The van der Waals surface area contributed by atoms with Crippen molar-refractivity contribution in [1.82, 2.24) is 0 Å². The molecule has 0 N–H and O–H groups in total. The first-order valence-electron chi connectivity index (χ1n) is 14.8. The fourth-order valence-electron chi connectivity index (χ4n) is 5.75. The number of rotatable bonds is 10. The maximum absolute atomic E-state index is 6.89. The molecule has 2 fully saturated rings. The Kier molecular flexibility index (Phi) is 11.0. The van der Waals surface area contributed by atoms with Gasteiger partial charge in [0.15, 0.2) is 25.8 Å². The summed E-state index contributed by atoms with van der Waals surface area (Å²) in [6.45, 7) is 35.6. The van der Waals surface area contributed by atoms with Gasteiger partial charge in [0.2, 0.25) is 8.32 Å². The molecule has 0 bridgehead atoms. The van der Waals surface area contributed by atoms with Crippen LogP contribution in [0.3, 0.4) is 0 Å². The van der Waals surface area contributed by atoms with E-state index in [9.17, 15) is 0 Å². The maximum Gasteiger partial charge on any atom is 0.250 e. The van der Waals surface area contributed by atoms with Crippen LogP contribution in [0, 0.1) is 5.41 Å². The highest BCUT2D eigenvalue weighted by Gasteiger charge is 2.57. The van der Waals surface area contributed by atoms with Gasteiger partial charge in [0.25, 0.3) is 0 Å². The average molecular weight is 607 g/mol. The van der Waals surface area contributed by atoms with Crippen LogP contribution in [0.4, 0.5) is 0 Å². The summed E-state index contributed by atoms with van der Waals surface area (Å²) in [5.74, 6) is 0.0239. The normalized spacial score (nSPS) is 28.8. The topological polar surface area (TPSA) is 55.4 Å². The van der Waals surface area contributed by atoms with Crippen LogP contribution >= 0.6 is 11.6 Å². The summed E-state index contributed by atoms with van der Waals surface area (Å²) in [4.78, 5) is 0. The molecule has 0 amide bonds. The van der Waals surface area contributed by atoms with E-state index in [1.54, 1.807) is 6.26 Å². The lowest BCUT2D eigenvalue weighted by molar-refractivity contribution is -0.172. The largest absolute Gasteiger partial charge is 0.544 e. The molecule has 39 heavy (non-hydrogen) atoms. The van der Waals surface area contributed by atoms with E-state index in [4.69, 9.17) is 39.4 Å². The van der Waals surface area contributed by atoms with Crippen LogP contribution in [0.5, 0.6) is 0 Å². The Morgan fingerprint density at radius 2 is 1.38 bits per heavy atom. The van der Waals surface area contributed by atoms with Crippen molar-refractivity contribution in [3.63, 3.8) is 0 Å². The summed E-state index contributed by atoms with van der Waals surface area (Å²) in [6, 6.07) is 0. The lowest BCUT2D eigenvalue weighted by atomic mass is 9.95. The Balaban J connectivity index is 2.33. The van der Waals surface area contributed by atoms with E-state index in [1.165, 1.54) is 0 Å². The predicted octanol–water partition coefficient (Wildman–Crippen LogP) is 8.96. The predicted molar refractivity (Wildman–Crippen MR) is 166 cm³/mol. The molecule has 2 rings (SSSR count). The SMILES string of the molecule is CC(C)[Si](OC[C@H]1O[C@H](Cl)[C@H](O/C=C(\O[Si](C)(C)C(C)(C)C)C(C)(C)C)[C@H]2OC(C)(C)O[C@H]21)(C(C)C)C(C)C. The van der Waals surface area contributed by atoms with Gasteiger partial charge in [-0.05, 0) is 48.6 Å². The zero-order chi connectivity index (χ0) is 30.4. The summed E-state index contributed by atoms with van der Waals surface area (Å²) < 4.78 is 39.2. The Hall–Kier alpha value is -0.0962. The second-order valence-electron chi connectivity index (χ2n) is 15.4. The smallest absolute Gasteiger partial charge is 0.250 e. The van der Waals surface area contributed by atoms with Gasteiger partial charge in [-0.2, -0.15) is 0 Å². The Labute approximate surface area is 247 Å². The molecule has 0 aromatic heterocycles. The molecule has 6 nitrogen and oxygen atoms in total. The Bertz CT molecular complexity index is 822. The molecule has 0 saturated carbocycles. The van der Waals surface area contributed by atoms with Crippen LogP contribution in [0.2, 0.25) is 34.8 Å². The van der Waals surface area contributed by atoms with Crippen molar-refractivity contribution in [3.05, 3.63) is 12.0 Å². The van der Waals surface area contributed by atoms with E-state index in [0.29, 0.717) is 23.2 Å². The molecule has 0 aromatic rings. The van der Waals surface area contributed by atoms with Crippen molar-refractivity contribution in [3.8, 4) is 0 Å². The molecule has 0 spiro atoms. The van der Waals surface area contributed by atoms with Crippen molar-refractivity contribution in [2.24, 2.45) is 5.41 Å². The zero-order valence-electron chi connectivity index (χ0n) is 27.7. The standard InChI is InChI=1S/C30H59ClO6Si2/c1-19(2)39(20(3)4,21(5)6)33-17-22-24-25(36-30(13,14)35-24)26(27(31)34-22)32-18-23(28(7,8)9)37-38(15,16)29(10,11)12/h18-22,24-27H,17H2,1-16H3/b23-18-/t22-,24+,25+,26-,27+/m1/s1. The summed E-state index contributed by atoms with van der Waals surface area (Å²) in [5.41, 5.74) is 0.445. The van der Waals surface area contributed by atoms with E-state index < -0.39 is 40.2 Å². The minimum absolute atomic E-state index is 0.0611. The molecule has 230 valence electrons. The van der Waals surface area contributed by atoms with Gasteiger partial charge in [0, 0.05) is 5.41 Å². The number of halogens is 1. The molecular formula is C30H59ClO6Si2. The fourth-order valence-corrected chi connectivity index (χ4v) is 12.7. The second kappa shape index (κ2) is 12.3. The number of alkyl halides is 1. The van der Waals surface area contributed by atoms with E-state index >= 15 is 0 Å². The van der Waals surface area contributed by atoms with Gasteiger partial charge in [0.1, 0.15) is 30.3 Å². The van der Waals surface area contributed by atoms with Crippen molar-refractivity contribution < 1.29 is 27.8 Å². The molecule has 0 unspecified atom stereocenters. The van der Waals surface area contributed by atoms with Gasteiger partial charge in [-0.15, -0.1) is 0 Å². The average Bonchev–Trinajstić information content (AvgIpc) is 3.05. The molecule has 2 saturated heterocycles. The minimum atomic E-state index is -2.09. The van der Waals surface area contributed by atoms with Crippen LogP contribution < -0.4 is 0 Å². The van der Waals surface area contributed by atoms with Gasteiger partial charge in [-0.1, -0.05) is 94.7 Å². The highest BCUT2D eigenvalue weighted by atomic mass is 35.5. The Morgan fingerprint density at radius 1 is 0.897 bits per heavy atom. The molecule has 9 heteroatoms. The first kappa shape index (κ1) is 35.1. The van der Waals surface area contributed by atoms with E-state index in [1.807, 2.05) is 13.8 Å². The molecule has 0 aromatic carbocycles. The molecular weight excluding hydrogens is 548 g/mol. The molecule has 5 atom stereocenters. The van der Waals surface area contributed by atoms with Crippen molar-refractivity contribution in [1.29, 1.82) is 0 Å². The number of fused-ring (bicyclic) bond motifs is 1. The lowest BCUT2D eigenvalue weighted by Crippen LogP contribution is -2.58. The van der Waals surface area contributed by atoms with Crippen LogP contribution in [0.25, 0.3) is 0 Å². The van der Waals surface area contributed by atoms with Crippen molar-refractivity contribution in [2.45, 2.75) is 167 Å². The summed E-state index contributed by atoms with van der Waals surface area (Å²) >= 11 is 6.89. The summed E-state index contributed by atoms with van der Waals surface area (Å²) in [6.07, 6.45) is 0.0734. The van der Waals surface area contributed by atoms with Gasteiger partial charge < -0.3 is 27.8 Å². The first-order valence-corrected chi connectivity index (χ1v) is 20.3. The number of hydrogen-bond acceptors (Lipinski definition) is 6. The number of ether oxygens (including phenoxy) is 4. The van der Waals surface area contributed by atoms with Crippen molar-refractivity contribution in [2.75, 3.05) is 6.61 Å². The van der Waals surface area contributed by atoms with Gasteiger partial charge in [0.05, 0.1) is 6.61 Å². The second-order valence-corrected chi connectivity index (χ2v) is 26.0. The van der Waals surface area contributed by atoms with Crippen molar-refractivity contribution >= 4 is 28.2 Å². The zero-order valence-corrected chi connectivity index (χ0v) is 30.5. The third-order valence-electron chi connectivity index (χ3n) is 8.86. The van der Waals surface area contributed by atoms with E-state index in [2.05, 4.69) is 96.2 Å². The third-order valence-corrected chi connectivity index (χ3v) is 19.6. The lowest BCUT2D eigenvalue weighted by Gasteiger charge is -2.45. The highest BCUT2D eigenvalue weighted by Crippen LogP contribution is 2.45. The third kappa shape index (κ3) is 7.85. The maximum atomic E-state index is 6.89. The number of allylic oxidation sites excluding steroid dienone is 1. The number of hydrogen-bond donors (Lipinski definition) is 0. The molecule has 0 radical (unpaired) electrons. The molecule has 2 aliphatic heterocycles. The highest BCUT2D eigenvalue weighted by molar-refractivity contribution is 6.77. The Morgan fingerprint density at radius 3 is 1.82 bits per heavy atom. The van der Waals surface area contributed by atoms with Crippen LogP contribution in [-0.2, 0) is 27.8 Å². The monoisotopic (exact) mass is 606 g/mol. The van der Waals surface area contributed by atoms with E-state index in [0.717, 1.165) is 5.76 Å². The first-order chi connectivity index (χ1) is 17.5. The summed E-state index contributed by atoms with van der Waals surface area (Å²) in [7, 11) is -4.17. The van der Waals surface area contributed by atoms with Crippen LogP contribution in [0.15, 0.2) is 12.0 Å². The molecule has 0 aliphatic carbocycles. The van der Waals surface area contributed by atoms with E-state index in [-0.39, 0.29) is 22.7 Å². The quantitative estimate of drug-likeness (QED) is 0.140. The fraction of sp³-hybridized carbons (Fsp3) is 0.933. The summed E-state index contributed by atoms with van der Waals surface area (Å²) in [5, 5.41) is 0.0611.